The van der Waals surface area contributed by atoms with Gasteiger partial charge in [-0.25, -0.2) is 4.39 Å². The lowest BCUT2D eigenvalue weighted by Gasteiger charge is -2.27. The number of hydrogen-bond donors (Lipinski definition) is 2. The van der Waals surface area contributed by atoms with Gasteiger partial charge in [0, 0.05) is 12.3 Å². The molecule has 1 aliphatic carbocycles. The van der Waals surface area contributed by atoms with Crippen LogP contribution in [0.5, 0.6) is 11.5 Å². The maximum absolute atomic E-state index is 12.9. The van der Waals surface area contributed by atoms with E-state index in [1.165, 1.54) is 50.7 Å². The second-order valence-corrected chi connectivity index (χ2v) is 10.7. The zero-order chi connectivity index (χ0) is 30.5. The number of ether oxygens (including phenoxy) is 1. The van der Waals surface area contributed by atoms with Crippen molar-refractivity contribution in [3.05, 3.63) is 54.1 Å². The Bertz CT molecular complexity index is 965. The largest absolute Gasteiger partial charge is 0.457 e. The Balaban J connectivity index is 0.000000355. The number of carbonyl (C=O) groups is 2. The summed E-state index contributed by atoms with van der Waals surface area (Å²) in [6.45, 7) is 9.88. The van der Waals surface area contributed by atoms with Crippen LogP contribution in [0.1, 0.15) is 97.2 Å². The SMILES string of the molecule is CCC.CCC.CN1CCCC1c1cc(Oc2ccc(F)cc2)ccn1.CNCC(=O)NC(C=O)C1CCCCC1. The zero-order valence-electron chi connectivity index (χ0n) is 26.1. The first-order valence-electron chi connectivity index (χ1n) is 15.3. The van der Waals surface area contributed by atoms with E-state index in [4.69, 9.17) is 4.74 Å². The molecule has 2 atom stereocenters. The summed E-state index contributed by atoms with van der Waals surface area (Å²) >= 11 is 0. The minimum absolute atomic E-state index is 0.0971. The average molecular weight is 573 g/mol. The molecule has 1 saturated heterocycles. The van der Waals surface area contributed by atoms with Crippen LogP contribution in [0, 0.1) is 11.7 Å². The molecule has 7 nitrogen and oxygen atoms in total. The number of likely N-dealkylation sites (N-methyl/N-ethyl adjacent to an activating group) is 1. The fraction of sp³-hybridized carbons (Fsp3) is 0.606. The number of amides is 1. The second kappa shape index (κ2) is 21.8. The summed E-state index contributed by atoms with van der Waals surface area (Å²) in [6, 6.07) is 9.90. The molecular weight excluding hydrogens is 519 g/mol. The molecule has 0 bridgehead atoms. The predicted molar refractivity (Wildman–Crippen MR) is 166 cm³/mol. The number of nitrogens with zero attached hydrogens (tertiary/aromatic N) is 2. The molecule has 1 aromatic carbocycles. The summed E-state index contributed by atoms with van der Waals surface area (Å²) < 4.78 is 18.6. The fourth-order valence-corrected chi connectivity index (χ4v) is 4.75. The topological polar surface area (TPSA) is 83.6 Å². The minimum atomic E-state index is -0.286. The van der Waals surface area contributed by atoms with E-state index in [2.05, 4.69) is 55.3 Å². The Labute approximate surface area is 247 Å². The van der Waals surface area contributed by atoms with Gasteiger partial charge in [-0.05, 0) is 82.6 Å². The highest BCUT2D eigenvalue weighted by atomic mass is 19.1. The van der Waals surface area contributed by atoms with Crippen LogP contribution in [0.2, 0.25) is 0 Å². The standard InChI is InChI=1S/C16H17FN2O.C11H20N2O2.2C3H8/c1-19-10-2-3-16(19)15-11-14(8-9-18-15)20-13-6-4-12(17)5-7-13;1-12-7-11(15)13-10(8-14)9-5-3-2-4-6-9;2*1-3-2/h4-9,11,16H,2-3,10H2,1H3;8-10,12H,2-7H2,1H3,(H,13,15);2*3H2,1-2H3. The van der Waals surface area contributed by atoms with Crippen LogP contribution in [0.15, 0.2) is 42.6 Å². The van der Waals surface area contributed by atoms with E-state index < -0.39 is 0 Å². The summed E-state index contributed by atoms with van der Waals surface area (Å²) in [4.78, 5) is 29.0. The Hall–Kier alpha value is -2.84. The molecule has 1 saturated carbocycles. The van der Waals surface area contributed by atoms with E-state index in [9.17, 15) is 14.0 Å². The molecule has 4 rings (SSSR count). The normalized spacial score (nSPS) is 17.4. The van der Waals surface area contributed by atoms with Crippen LogP contribution in [0.4, 0.5) is 4.39 Å². The van der Waals surface area contributed by atoms with E-state index in [0.29, 0.717) is 17.7 Å². The molecular formula is C33H53FN4O3. The van der Waals surface area contributed by atoms with Gasteiger partial charge in [-0.2, -0.15) is 0 Å². The van der Waals surface area contributed by atoms with Crippen LogP contribution in [-0.2, 0) is 9.59 Å². The number of aldehydes is 1. The number of likely N-dealkylation sites (tertiary alicyclic amines) is 1. The zero-order valence-corrected chi connectivity index (χ0v) is 26.1. The summed E-state index contributed by atoms with van der Waals surface area (Å²) in [5.41, 5.74) is 1.03. The molecule has 2 N–H and O–H groups in total. The van der Waals surface area contributed by atoms with Crippen molar-refractivity contribution < 1.29 is 18.7 Å². The van der Waals surface area contributed by atoms with Gasteiger partial charge in [0.05, 0.1) is 24.3 Å². The first-order chi connectivity index (χ1) is 19.8. The number of hydrogen-bond acceptors (Lipinski definition) is 6. The monoisotopic (exact) mass is 572 g/mol. The van der Waals surface area contributed by atoms with Crippen LogP contribution < -0.4 is 15.4 Å². The molecule has 1 amide bonds. The van der Waals surface area contributed by atoms with Crippen molar-refractivity contribution in [2.45, 2.75) is 97.6 Å². The lowest BCUT2D eigenvalue weighted by Crippen LogP contribution is -2.45. The third-order valence-corrected chi connectivity index (χ3v) is 6.63. The van der Waals surface area contributed by atoms with E-state index in [0.717, 1.165) is 43.5 Å². The Morgan fingerprint density at radius 3 is 2.20 bits per heavy atom. The molecule has 8 heteroatoms. The number of nitrogens with one attached hydrogen (secondary N) is 2. The number of aromatic nitrogens is 1. The summed E-state index contributed by atoms with van der Waals surface area (Å²) in [6.07, 6.45) is 13.2. The van der Waals surface area contributed by atoms with Gasteiger partial charge < -0.3 is 20.2 Å². The van der Waals surface area contributed by atoms with E-state index in [-0.39, 0.29) is 24.3 Å². The van der Waals surface area contributed by atoms with E-state index >= 15 is 0 Å². The summed E-state index contributed by atoms with van der Waals surface area (Å²) in [7, 11) is 3.84. The number of rotatable bonds is 8. The second-order valence-electron chi connectivity index (χ2n) is 10.7. The Morgan fingerprint density at radius 1 is 1.02 bits per heavy atom. The third-order valence-electron chi connectivity index (χ3n) is 6.63. The molecule has 2 unspecified atom stereocenters. The van der Waals surface area contributed by atoms with Crippen LogP contribution in [-0.4, -0.2) is 55.3 Å². The van der Waals surface area contributed by atoms with Crippen molar-refractivity contribution in [1.82, 2.24) is 20.5 Å². The van der Waals surface area contributed by atoms with Crippen molar-refractivity contribution in [3.8, 4) is 11.5 Å². The Morgan fingerprint density at radius 2 is 1.66 bits per heavy atom. The number of benzene rings is 1. The number of halogens is 1. The molecule has 2 aliphatic rings. The van der Waals surface area contributed by atoms with Crippen molar-refractivity contribution in [1.29, 1.82) is 0 Å². The average Bonchev–Trinajstić information content (AvgIpc) is 3.41. The smallest absolute Gasteiger partial charge is 0.234 e. The molecule has 0 spiro atoms. The highest BCUT2D eigenvalue weighted by Gasteiger charge is 2.25. The van der Waals surface area contributed by atoms with Crippen molar-refractivity contribution >= 4 is 12.2 Å². The van der Waals surface area contributed by atoms with Crippen molar-refractivity contribution in [2.24, 2.45) is 5.92 Å². The molecule has 1 aliphatic heterocycles. The molecule has 2 heterocycles. The van der Waals surface area contributed by atoms with E-state index in [1.54, 1.807) is 25.4 Å². The van der Waals surface area contributed by atoms with Gasteiger partial charge in [-0.15, -0.1) is 0 Å². The lowest BCUT2D eigenvalue weighted by molar-refractivity contribution is -0.124. The van der Waals surface area contributed by atoms with Gasteiger partial charge >= 0.3 is 0 Å². The molecule has 230 valence electrons. The first-order valence-corrected chi connectivity index (χ1v) is 15.3. The van der Waals surface area contributed by atoms with Gasteiger partial charge in [0.2, 0.25) is 5.91 Å². The van der Waals surface area contributed by atoms with Gasteiger partial charge in [0.1, 0.15) is 23.6 Å². The molecule has 1 aromatic heterocycles. The maximum Gasteiger partial charge on any atom is 0.234 e. The minimum Gasteiger partial charge on any atom is -0.457 e. The predicted octanol–water partition coefficient (Wildman–Crippen LogP) is 7.08. The van der Waals surface area contributed by atoms with Gasteiger partial charge in [-0.1, -0.05) is 59.8 Å². The number of carbonyl (C=O) groups excluding carboxylic acids is 2. The fourth-order valence-electron chi connectivity index (χ4n) is 4.75. The quantitative estimate of drug-likeness (QED) is 0.329. The van der Waals surface area contributed by atoms with Crippen LogP contribution in [0.3, 0.4) is 0 Å². The Kier molecular flexibility index (Phi) is 19.3. The van der Waals surface area contributed by atoms with Crippen molar-refractivity contribution in [3.63, 3.8) is 0 Å². The molecule has 41 heavy (non-hydrogen) atoms. The highest BCUT2D eigenvalue weighted by Crippen LogP contribution is 2.31. The van der Waals surface area contributed by atoms with Crippen molar-refractivity contribution in [2.75, 3.05) is 27.2 Å². The summed E-state index contributed by atoms with van der Waals surface area (Å²) in [5, 5.41) is 5.54. The van der Waals surface area contributed by atoms with Gasteiger partial charge in [0.25, 0.3) is 0 Å². The third kappa shape index (κ3) is 14.6. The molecule has 0 radical (unpaired) electrons. The van der Waals surface area contributed by atoms with Gasteiger partial charge in [0.15, 0.2) is 0 Å². The molecule has 2 fully saturated rings. The highest BCUT2D eigenvalue weighted by molar-refractivity contribution is 5.81. The maximum atomic E-state index is 12.9. The first kappa shape index (κ1) is 36.2. The van der Waals surface area contributed by atoms with Crippen LogP contribution in [0.25, 0.3) is 0 Å². The lowest BCUT2D eigenvalue weighted by atomic mass is 9.84. The molecule has 2 aromatic rings. The summed E-state index contributed by atoms with van der Waals surface area (Å²) in [5.74, 6) is 1.35. The van der Waals surface area contributed by atoms with E-state index in [1.807, 2.05) is 12.1 Å². The number of pyridine rings is 1. The van der Waals surface area contributed by atoms with Gasteiger partial charge in [-0.3, -0.25) is 14.7 Å². The van der Waals surface area contributed by atoms with Crippen LogP contribution >= 0.6 is 0 Å².